The van der Waals surface area contributed by atoms with Gasteiger partial charge in [-0.1, -0.05) is 0 Å². The number of aromatic carboxylic acids is 1. The molecule has 1 rings (SSSR count). The lowest BCUT2D eigenvalue weighted by Crippen LogP contribution is -2.07. The first-order chi connectivity index (χ1) is 6.04. The number of nitrogens with zero attached hydrogens (tertiary/aromatic N) is 1. The van der Waals surface area contributed by atoms with Gasteiger partial charge in [-0.05, 0) is 18.6 Å². The summed E-state index contributed by atoms with van der Waals surface area (Å²) in [6, 6.07) is 1.38. The van der Waals surface area contributed by atoms with Crippen LogP contribution in [0, 0.1) is 6.92 Å². The van der Waals surface area contributed by atoms with Gasteiger partial charge in [0.25, 0.3) is 0 Å². The summed E-state index contributed by atoms with van der Waals surface area (Å²) in [5.74, 6) is -1.26. The van der Waals surface area contributed by atoms with Crippen LogP contribution in [0.15, 0.2) is 12.3 Å². The van der Waals surface area contributed by atoms with Gasteiger partial charge < -0.3 is 5.11 Å². The lowest BCUT2D eigenvalue weighted by molar-refractivity contribution is 0.0696. The second-order valence-corrected chi connectivity index (χ2v) is 2.69. The standard InChI is InChI=1S/C9H9NO3/c1-5-7(9(12)13)3-4-10-8(5)6(2)11/h3-4H,1-2H3,(H,12,13). The minimum absolute atomic E-state index is 0.125. The predicted molar refractivity (Wildman–Crippen MR) is 45.9 cm³/mol. The van der Waals surface area contributed by atoms with Crippen molar-refractivity contribution in [3.63, 3.8) is 0 Å². The largest absolute Gasteiger partial charge is 0.478 e. The fraction of sp³-hybridized carbons (Fsp3) is 0.222. The molecular weight excluding hydrogens is 170 g/mol. The Morgan fingerprint density at radius 3 is 2.54 bits per heavy atom. The molecule has 13 heavy (non-hydrogen) atoms. The molecule has 0 saturated heterocycles. The second-order valence-electron chi connectivity index (χ2n) is 2.69. The summed E-state index contributed by atoms with van der Waals surface area (Å²) >= 11 is 0. The summed E-state index contributed by atoms with van der Waals surface area (Å²) in [4.78, 5) is 25.5. The molecule has 4 nitrogen and oxygen atoms in total. The van der Waals surface area contributed by atoms with Gasteiger partial charge in [-0.25, -0.2) is 4.79 Å². The number of ketones is 1. The van der Waals surface area contributed by atoms with Crippen LogP contribution in [0.5, 0.6) is 0 Å². The van der Waals surface area contributed by atoms with Gasteiger partial charge in [0.1, 0.15) is 5.69 Å². The fourth-order valence-corrected chi connectivity index (χ4v) is 1.12. The molecule has 0 atom stereocenters. The summed E-state index contributed by atoms with van der Waals surface area (Å²) in [6.45, 7) is 2.94. The summed E-state index contributed by atoms with van der Waals surface area (Å²) in [6.07, 6.45) is 1.33. The topological polar surface area (TPSA) is 67.3 Å². The van der Waals surface area contributed by atoms with Crippen molar-refractivity contribution in [3.8, 4) is 0 Å². The third-order valence-electron chi connectivity index (χ3n) is 1.77. The molecule has 0 saturated carbocycles. The summed E-state index contributed by atoms with van der Waals surface area (Å²) in [5, 5.41) is 8.73. The molecule has 0 aliphatic rings. The normalized spacial score (nSPS) is 9.69. The van der Waals surface area contributed by atoms with Crippen molar-refractivity contribution in [1.29, 1.82) is 0 Å². The van der Waals surface area contributed by atoms with Crippen LogP contribution in [-0.4, -0.2) is 21.8 Å². The van der Waals surface area contributed by atoms with Gasteiger partial charge in [-0.15, -0.1) is 0 Å². The Kier molecular flexibility index (Phi) is 2.41. The van der Waals surface area contributed by atoms with Gasteiger partial charge in [0.15, 0.2) is 5.78 Å². The molecule has 4 heteroatoms. The highest BCUT2D eigenvalue weighted by molar-refractivity contribution is 5.98. The van der Waals surface area contributed by atoms with Crippen LogP contribution in [0.2, 0.25) is 0 Å². The molecule has 0 fully saturated rings. The van der Waals surface area contributed by atoms with Crippen LogP contribution >= 0.6 is 0 Å². The van der Waals surface area contributed by atoms with Crippen LogP contribution in [0.4, 0.5) is 0 Å². The molecule has 0 bridgehead atoms. The first-order valence-corrected chi connectivity index (χ1v) is 3.74. The number of carbonyl (C=O) groups is 2. The van der Waals surface area contributed by atoms with E-state index in [1.165, 1.54) is 19.2 Å². The van der Waals surface area contributed by atoms with Gasteiger partial charge in [0.05, 0.1) is 5.56 Å². The van der Waals surface area contributed by atoms with Crippen molar-refractivity contribution >= 4 is 11.8 Å². The Balaban J connectivity index is 3.35. The Morgan fingerprint density at radius 2 is 2.08 bits per heavy atom. The molecule has 1 aromatic rings. The van der Waals surface area contributed by atoms with E-state index in [1.807, 2.05) is 0 Å². The zero-order valence-corrected chi connectivity index (χ0v) is 7.37. The van der Waals surface area contributed by atoms with Crippen LogP contribution < -0.4 is 0 Å². The molecule has 0 unspecified atom stereocenters. The van der Waals surface area contributed by atoms with Crippen molar-refractivity contribution in [2.45, 2.75) is 13.8 Å². The number of carbonyl (C=O) groups excluding carboxylic acids is 1. The highest BCUT2D eigenvalue weighted by atomic mass is 16.4. The first kappa shape index (κ1) is 9.38. The molecule has 1 aromatic heterocycles. The Morgan fingerprint density at radius 1 is 1.46 bits per heavy atom. The quantitative estimate of drug-likeness (QED) is 0.694. The number of hydrogen-bond acceptors (Lipinski definition) is 3. The molecule has 0 aliphatic carbocycles. The molecular formula is C9H9NO3. The zero-order valence-electron chi connectivity index (χ0n) is 7.37. The predicted octanol–water partition coefficient (Wildman–Crippen LogP) is 1.29. The Hall–Kier alpha value is -1.71. The van der Waals surface area contributed by atoms with E-state index in [0.29, 0.717) is 5.56 Å². The zero-order chi connectivity index (χ0) is 10.0. The average Bonchev–Trinajstić information content (AvgIpc) is 2.03. The number of aromatic nitrogens is 1. The van der Waals surface area contributed by atoms with Crippen LogP contribution in [0.25, 0.3) is 0 Å². The Bertz CT molecular complexity index is 339. The number of carboxylic acids is 1. The highest BCUT2D eigenvalue weighted by Crippen LogP contribution is 2.11. The van der Waals surface area contributed by atoms with Crippen molar-refractivity contribution in [2.24, 2.45) is 0 Å². The third kappa shape index (κ3) is 1.72. The molecule has 0 aliphatic heterocycles. The van der Waals surface area contributed by atoms with E-state index in [0.717, 1.165) is 0 Å². The van der Waals surface area contributed by atoms with Gasteiger partial charge in [0, 0.05) is 13.1 Å². The lowest BCUT2D eigenvalue weighted by atomic mass is 10.1. The summed E-state index contributed by atoms with van der Waals surface area (Å²) in [5.41, 5.74) is 0.766. The van der Waals surface area contributed by atoms with E-state index < -0.39 is 5.97 Å². The first-order valence-electron chi connectivity index (χ1n) is 3.74. The number of rotatable bonds is 2. The van der Waals surface area contributed by atoms with Gasteiger partial charge in [0.2, 0.25) is 0 Å². The average molecular weight is 179 g/mol. The smallest absolute Gasteiger partial charge is 0.336 e. The fourth-order valence-electron chi connectivity index (χ4n) is 1.12. The van der Waals surface area contributed by atoms with E-state index in [4.69, 9.17) is 5.11 Å². The maximum Gasteiger partial charge on any atom is 0.336 e. The number of carboxylic acid groups (broad SMARTS) is 1. The van der Waals surface area contributed by atoms with E-state index >= 15 is 0 Å². The van der Waals surface area contributed by atoms with E-state index in [1.54, 1.807) is 6.92 Å². The summed E-state index contributed by atoms with van der Waals surface area (Å²) < 4.78 is 0. The molecule has 0 radical (unpaired) electrons. The Labute approximate surface area is 75.2 Å². The molecule has 1 heterocycles. The monoisotopic (exact) mass is 179 g/mol. The molecule has 1 N–H and O–H groups in total. The molecule has 68 valence electrons. The summed E-state index contributed by atoms with van der Waals surface area (Å²) in [7, 11) is 0. The maximum absolute atomic E-state index is 11.0. The van der Waals surface area contributed by atoms with Crippen LogP contribution in [0.3, 0.4) is 0 Å². The molecule has 0 amide bonds. The van der Waals surface area contributed by atoms with E-state index in [9.17, 15) is 9.59 Å². The SMILES string of the molecule is CC(=O)c1nccc(C(=O)O)c1C. The van der Waals surface area contributed by atoms with Crippen LogP contribution in [0.1, 0.15) is 33.3 Å². The van der Waals surface area contributed by atoms with Gasteiger partial charge in [-0.2, -0.15) is 0 Å². The van der Waals surface area contributed by atoms with Gasteiger partial charge in [-0.3, -0.25) is 9.78 Å². The number of hydrogen-bond donors (Lipinski definition) is 1. The van der Waals surface area contributed by atoms with Crippen molar-refractivity contribution in [1.82, 2.24) is 4.98 Å². The highest BCUT2D eigenvalue weighted by Gasteiger charge is 2.13. The lowest BCUT2D eigenvalue weighted by Gasteiger charge is -2.03. The third-order valence-corrected chi connectivity index (χ3v) is 1.77. The second kappa shape index (κ2) is 3.35. The maximum atomic E-state index is 11.0. The van der Waals surface area contributed by atoms with Gasteiger partial charge >= 0.3 is 5.97 Å². The van der Waals surface area contributed by atoms with Crippen molar-refractivity contribution in [2.75, 3.05) is 0 Å². The van der Waals surface area contributed by atoms with Crippen molar-refractivity contribution < 1.29 is 14.7 Å². The minimum atomic E-state index is -1.04. The van der Waals surface area contributed by atoms with Crippen LogP contribution in [-0.2, 0) is 0 Å². The minimum Gasteiger partial charge on any atom is -0.478 e. The van der Waals surface area contributed by atoms with E-state index in [2.05, 4.69) is 4.98 Å². The molecule has 0 aromatic carbocycles. The number of pyridine rings is 1. The number of Topliss-reactive ketones (excluding diaryl/α,β-unsaturated/α-hetero) is 1. The van der Waals surface area contributed by atoms with Crippen molar-refractivity contribution in [3.05, 3.63) is 29.1 Å². The molecule has 0 spiro atoms. The van der Waals surface area contributed by atoms with E-state index in [-0.39, 0.29) is 17.0 Å².